The van der Waals surface area contributed by atoms with Crippen LogP contribution in [0.4, 0.5) is 0 Å². The van der Waals surface area contributed by atoms with Crippen LogP contribution in [0.1, 0.15) is 20.3 Å². The molecule has 0 rings (SSSR count). The smallest absolute Gasteiger partial charge is 0.213 e. The predicted molar refractivity (Wildman–Crippen MR) is 50.1 cm³/mol. The minimum absolute atomic E-state index is 0.00598. The van der Waals surface area contributed by atoms with Gasteiger partial charge in [0.05, 0.1) is 5.25 Å². The van der Waals surface area contributed by atoms with E-state index >= 15 is 0 Å². The largest absolute Gasteiger partial charge is 0.409 e. The maximum Gasteiger partial charge on any atom is 0.213 e. The zero-order valence-corrected chi connectivity index (χ0v) is 8.50. The average Bonchev–Trinajstić information content (AvgIpc) is 2.03. The minimum Gasteiger partial charge on any atom is -0.409 e. The molecule has 0 aromatic rings. The molecule has 0 aliphatic carbocycles. The molecule has 0 amide bonds. The van der Waals surface area contributed by atoms with E-state index in [1.165, 1.54) is 0 Å². The number of oxime groups is 1. The first-order chi connectivity index (χ1) is 5.90. The molecule has 0 radical (unpaired) electrons. The third kappa shape index (κ3) is 4.69. The van der Waals surface area contributed by atoms with Crippen molar-refractivity contribution in [2.45, 2.75) is 25.5 Å². The number of nitrogens with two attached hydrogens (primary N) is 1. The molecule has 0 aromatic carbocycles. The fraction of sp³-hybridized carbons (Fsp3) is 0.833. The third-order valence-corrected chi connectivity index (χ3v) is 3.28. The summed E-state index contributed by atoms with van der Waals surface area (Å²) in [5, 5.41) is 10.4. The van der Waals surface area contributed by atoms with Crippen LogP contribution in [0, 0.1) is 0 Å². The van der Waals surface area contributed by atoms with Gasteiger partial charge >= 0.3 is 0 Å². The highest BCUT2D eigenvalue weighted by Crippen LogP contribution is 1.95. The van der Waals surface area contributed by atoms with Gasteiger partial charge < -0.3 is 10.9 Å². The van der Waals surface area contributed by atoms with Crippen molar-refractivity contribution < 1.29 is 13.6 Å². The third-order valence-electron chi connectivity index (χ3n) is 1.43. The van der Waals surface area contributed by atoms with E-state index in [9.17, 15) is 8.42 Å². The number of rotatable bonds is 5. The molecule has 0 heterocycles. The van der Waals surface area contributed by atoms with Crippen molar-refractivity contribution in [3.63, 3.8) is 0 Å². The van der Waals surface area contributed by atoms with Gasteiger partial charge in [-0.3, -0.25) is 0 Å². The molecule has 0 fully saturated rings. The highest BCUT2D eigenvalue weighted by molar-refractivity contribution is 7.90. The van der Waals surface area contributed by atoms with Gasteiger partial charge in [0.15, 0.2) is 0 Å². The molecule has 78 valence electrons. The molecule has 0 aliphatic heterocycles. The molecular weight excluding hydrogens is 194 g/mol. The Kier molecular flexibility index (Phi) is 4.71. The zero-order valence-electron chi connectivity index (χ0n) is 7.69. The van der Waals surface area contributed by atoms with Gasteiger partial charge in [-0.2, -0.15) is 0 Å². The summed E-state index contributed by atoms with van der Waals surface area (Å²) in [4.78, 5) is 0. The molecular formula is C6H15N3O3S. The Bertz CT molecular complexity index is 271. The van der Waals surface area contributed by atoms with Crippen molar-refractivity contribution in [1.82, 2.24) is 4.72 Å². The Labute approximate surface area is 77.9 Å². The van der Waals surface area contributed by atoms with Crippen LogP contribution in [0.25, 0.3) is 0 Å². The lowest BCUT2D eigenvalue weighted by atomic mass is 10.4. The average molecular weight is 209 g/mol. The lowest BCUT2D eigenvalue weighted by Gasteiger charge is -2.08. The van der Waals surface area contributed by atoms with E-state index in [-0.39, 0.29) is 18.8 Å². The Morgan fingerprint density at radius 2 is 2.15 bits per heavy atom. The highest BCUT2D eigenvalue weighted by atomic mass is 32.2. The van der Waals surface area contributed by atoms with Crippen molar-refractivity contribution in [2.24, 2.45) is 10.9 Å². The van der Waals surface area contributed by atoms with Crippen LogP contribution in [0.3, 0.4) is 0 Å². The molecule has 7 heteroatoms. The van der Waals surface area contributed by atoms with Crippen LogP contribution in [0.2, 0.25) is 0 Å². The first-order valence-corrected chi connectivity index (χ1v) is 5.39. The van der Waals surface area contributed by atoms with Crippen LogP contribution in [0.15, 0.2) is 5.16 Å². The molecule has 0 saturated carbocycles. The summed E-state index contributed by atoms with van der Waals surface area (Å²) >= 11 is 0. The van der Waals surface area contributed by atoms with Gasteiger partial charge in [-0.05, 0) is 13.8 Å². The van der Waals surface area contributed by atoms with Crippen molar-refractivity contribution in [1.29, 1.82) is 0 Å². The molecule has 0 spiro atoms. The van der Waals surface area contributed by atoms with Crippen molar-refractivity contribution in [3.8, 4) is 0 Å². The first kappa shape index (κ1) is 12.2. The summed E-state index contributed by atoms with van der Waals surface area (Å²) in [5.41, 5.74) is 5.14. The summed E-state index contributed by atoms with van der Waals surface area (Å²) in [7, 11) is -3.24. The summed E-state index contributed by atoms with van der Waals surface area (Å²) in [6.45, 7) is 3.30. The molecule has 0 unspecified atom stereocenters. The van der Waals surface area contributed by atoms with Gasteiger partial charge in [-0.25, -0.2) is 13.1 Å². The van der Waals surface area contributed by atoms with Gasteiger partial charge in [0.2, 0.25) is 10.0 Å². The van der Waals surface area contributed by atoms with E-state index in [0.717, 1.165) is 0 Å². The number of hydrogen-bond acceptors (Lipinski definition) is 4. The lowest BCUT2D eigenvalue weighted by Crippen LogP contribution is -2.33. The monoisotopic (exact) mass is 209 g/mol. The summed E-state index contributed by atoms with van der Waals surface area (Å²) < 4.78 is 24.6. The first-order valence-electron chi connectivity index (χ1n) is 3.85. The second-order valence-corrected chi connectivity index (χ2v) is 5.15. The van der Waals surface area contributed by atoms with Gasteiger partial charge in [-0.1, -0.05) is 5.16 Å². The van der Waals surface area contributed by atoms with E-state index in [1.807, 2.05) is 0 Å². The maximum atomic E-state index is 11.1. The quantitative estimate of drug-likeness (QED) is 0.244. The minimum atomic E-state index is -3.24. The Balaban J connectivity index is 3.92. The van der Waals surface area contributed by atoms with Crippen LogP contribution in [-0.2, 0) is 10.0 Å². The molecule has 0 saturated heterocycles. The van der Waals surface area contributed by atoms with Crippen molar-refractivity contribution in [3.05, 3.63) is 0 Å². The fourth-order valence-electron chi connectivity index (χ4n) is 0.538. The van der Waals surface area contributed by atoms with Crippen LogP contribution in [-0.4, -0.2) is 31.3 Å². The molecule has 0 aliphatic rings. The highest BCUT2D eigenvalue weighted by Gasteiger charge is 2.14. The van der Waals surface area contributed by atoms with E-state index in [2.05, 4.69) is 9.88 Å². The summed E-state index contributed by atoms with van der Waals surface area (Å²) in [6.07, 6.45) is 0.197. The van der Waals surface area contributed by atoms with Crippen LogP contribution >= 0.6 is 0 Å². The van der Waals surface area contributed by atoms with Crippen LogP contribution in [0.5, 0.6) is 0 Å². The van der Waals surface area contributed by atoms with E-state index in [0.29, 0.717) is 0 Å². The predicted octanol–water partition coefficient (Wildman–Crippen LogP) is -0.549. The molecule has 13 heavy (non-hydrogen) atoms. The van der Waals surface area contributed by atoms with E-state index in [1.54, 1.807) is 13.8 Å². The summed E-state index contributed by atoms with van der Waals surface area (Å²) in [6, 6.07) is 0. The second-order valence-electron chi connectivity index (χ2n) is 2.83. The number of sulfonamides is 1. The number of amidine groups is 1. The standard InChI is InChI=1S/C6H15N3O3S/c1-5(2)13(11,12)8-4-3-6(7)9-10/h5,8,10H,3-4H2,1-2H3,(H2,7,9). The Morgan fingerprint density at radius 3 is 2.54 bits per heavy atom. The number of hydrogen-bond donors (Lipinski definition) is 3. The molecule has 0 atom stereocenters. The molecule has 6 nitrogen and oxygen atoms in total. The van der Waals surface area contributed by atoms with E-state index < -0.39 is 15.3 Å². The Morgan fingerprint density at radius 1 is 1.62 bits per heavy atom. The van der Waals surface area contributed by atoms with Gasteiger partial charge in [-0.15, -0.1) is 0 Å². The van der Waals surface area contributed by atoms with E-state index in [4.69, 9.17) is 10.9 Å². The number of nitrogens with zero attached hydrogens (tertiary/aromatic N) is 1. The lowest BCUT2D eigenvalue weighted by molar-refractivity contribution is 0.317. The van der Waals surface area contributed by atoms with Gasteiger partial charge in [0, 0.05) is 13.0 Å². The topological polar surface area (TPSA) is 105 Å². The molecule has 0 aromatic heterocycles. The Hall–Kier alpha value is -0.820. The molecule has 0 bridgehead atoms. The van der Waals surface area contributed by atoms with Gasteiger partial charge in [0.1, 0.15) is 5.84 Å². The SMILES string of the molecule is CC(C)S(=O)(=O)NCCC(N)=NO. The fourth-order valence-corrected chi connectivity index (χ4v) is 1.26. The summed E-state index contributed by atoms with van der Waals surface area (Å²) in [5.74, 6) is 0.00598. The van der Waals surface area contributed by atoms with Crippen molar-refractivity contribution >= 4 is 15.9 Å². The second kappa shape index (κ2) is 5.03. The normalized spacial score (nSPS) is 13.6. The van der Waals surface area contributed by atoms with Gasteiger partial charge in [0.25, 0.3) is 0 Å². The zero-order chi connectivity index (χ0) is 10.5. The maximum absolute atomic E-state index is 11.1. The molecule has 4 N–H and O–H groups in total. The van der Waals surface area contributed by atoms with Crippen LogP contribution < -0.4 is 10.5 Å². The van der Waals surface area contributed by atoms with Crippen molar-refractivity contribution in [2.75, 3.05) is 6.54 Å². The number of nitrogens with one attached hydrogen (secondary N) is 1.